The van der Waals surface area contributed by atoms with E-state index in [4.69, 9.17) is 5.73 Å². The van der Waals surface area contributed by atoms with Gasteiger partial charge in [0.25, 0.3) is 5.91 Å². The lowest BCUT2D eigenvalue weighted by atomic mass is 9.96. The second-order valence-electron chi connectivity index (χ2n) is 5.20. The maximum atomic E-state index is 12.6. The summed E-state index contributed by atoms with van der Waals surface area (Å²) in [6.07, 6.45) is 2.41. The Morgan fingerprint density at radius 3 is 2.90 bits per heavy atom. The van der Waals surface area contributed by atoms with E-state index in [2.05, 4.69) is 22.0 Å². The molecule has 0 saturated heterocycles. The number of aromatic amines is 1. The summed E-state index contributed by atoms with van der Waals surface area (Å²) in [4.78, 5) is 20.1. The van der Waals surface area contributed by atoms with E-state index < -0.39 is 0 Å². The fourth-order valence-electron chi connectivity index (χ4n) is 2.67. The molecular formula is C15H19N5O. The molecule has 2 heterocycles. The van der Waals surface area contributed by atoms with Crippen molar-refractivity contribution in [2.24, 2.45) is 16.8 Å². The van der Waals surface area contributed by atoms with Crippen molar-refractivity contribution < 1.29 is 4.79 Å². The van der Waals surface area contributed by atoms with Crippen LogP contribution in [0.3, 0.4) is 0 Å². The summed E-state index contributed by atoms with van der Waals surface area (Å²) in [7, 11) is 0. The molecule has 0 radical (unpaired) electrons. The highest BCUT2D eigenvalue weighted by atomic mass is 16.2. The van der Waals surface area contributed by atoms with Crippen LogP contribution in [0.1, 0.15) is 26.2 Å². The molecule has 2 aromatic rings. The molecule has 1 aromatic carbocycles. The van der Waals surface area contributed by atoms with Gasteiger partial charge in [-0.3, -0.25) is 4.79 Å². The molecule has 0 fully saturated rings. The molecule has 1 aliphatic heterocycles. The number of hydrogen-bond acceptors (Lipinski definition) is 4. The lowest BCUT2D eigenvalue weighted by molar-refractivity contribution is -0.119. The Morgan fingerprint density at radius 2 is 2.19 bits per heavy atom. The number of benzene rings is 1. The van der Waals surface area contributed by atoms with Crippen LogP contribution < -0.4 is 10.7 Å². The summed E-state index contributed by atoms with van der Waals surface area (Å²) in [6.45, 7) is 2.56. The number of nitrogens with one attached hydrogen (secondary N) is 1. The molecule has 1 atom stereocenters. The van der Waals surface area contributed by atoms with Crippen molar-refractivity contribution in [2.75, 3.05) is 11.6 Å². The van der Waals surface area contributed by atoms with Crippen molar-refractivity contribution >= 4 is 28.6 Å². The monoisotopic (exact) mass is 285 g/mol. The number of hydrazone groups is 1. The summed E-state index contributed by atoms with van der Waals surface area (Å²) < 4.78 is 0. The molecule has 1 amide bonds. The molecular weight excluding hydrogens is 266 g/mol. The highest BCUT2D eigenvalue weighted by molar-refractivity contribution is 6.15. The van der Waals surface area contributed by atoms with Gasteiger partial charge in [-0.1, -0.05) is 25.5 Å². The lowest BCUT2D eigenvalue weighted by Gasteiger charge is -2.10. The first-order valence-corrected chi connectivity index (χ1v) is 7.30. The van der Waals surface area contributed by atoms with Gasteiger partial charge in [0.2, 0.25) is 5.95 Å². The molecule has 1 aliphatic rings. The summed E-state index contributed by atoms with van der Waals surface area (Å²) >= 11 is 0. The minimum atomic E-state index is -0.205. The first kappa shape index (κ1) is 13.8. The standard InChI is InChI=1S/C15H19N5O/c1-2-5-11-10(8-9-16)14(21)20(19-11)15-17-12-6-3-4-7-13(12)18-15/h3-4,6-7,10H,2,5,8-9,16H2,1H3,(H,17,18). The highest BCUT2D eigenvalue weighted by Gasteiger charge is 2.36. The van der Waals surface area contributed by atoms with Gasteiger partial charge in [-0.15, -0.1) is 0 Å². The fraction of sp³-hybridized carbons (Fsp3) is 0.400. The number of H-pyrrole nitrogens is 1. The van der Waals surface area contributed by atoms with Crippen LogP contribution in [-0.2, 0) is 4.79 Å². The van der Waals surface area contributed by atoms with Crippen LogP contribution in [0.5, 0.6) is 0 Å². The lowest BCUT2D eigenvalue weighted by Crippen LogP contribution is -2.29. The molecule has 0 saturated carbocycles. The van der Waals surface area contributed by atoms with E-state index in [1.807, 2.05) is 24.3 Å². The molecule has 3 N–H and O–H groups in total. The first-order chi connectivity index (χ1) is 10.2. The van der Waals surface area contributed by atoms with Gasteiger partial charge in [-0.05, 0) is 31.5 Å². The topological polar surface area (TPSA) is 87.4 Å². The van der Waals surface area contributed by atoms with E-state index >= 15 is 0 Å². The number of nitrogens with zero attached hydrogens (tertiary/aromatic N) is 3. The predicted molar refractivity (Wildman–Crippen MR) is 83.1 cm³/mol. The quantitative estimate of drug-likeness (QED) is 0.881. The Bertz CT molecular complexity index is 657. The molecule has 3 rings (SSSR count). The van der Waals surface area contributed by atoms with Gasteiger partial charge in [0.05, 0.1) is 22.7 Å². The molecule has 0 aliphatic carbocycles. The second kappa shape index (κ2) is 5.65. The van der Waals surface area contributed by atoms with Crippen molar-refractivity contribution in [1.29, 1.82) is 0 Å². The SMILES string of the molecule is CCCC1=NN(c2nc3ccccc3[nH]2)C(=O)C1CCN. The Morgan fingerprint density at radius 1 is 1.38 bits per heavy atom. The van der Waals surface area contributed by atoms with E-state index in [0.717, 1.165) is 29.6 Å². The summed E-state index contributed by atoms with van der Waals surface area (Å²) in [5, 5.41) is 5.87. The Kier molecular flexibility index (Phi) is 3.70. The zero-order chi connectivity index (χ0) is 14.8. The normalized spacial score (nSPS) is 18.6. The maximum absolute atomic E-state index is 12.6. The molecule has 1 unspecified atom stereocenters. The van der Waals surface area contributed by atoms with Crippen LogP contribution in [0.15, 0.2) is 29.4 Å². The minimum absolute atomic E-state index is 0.0389. The molecule has 21 heavy (non-hydrogen) atoms. The highest BCUT2D eigenvalue weighted by Crippen LogP contribution is 2.26. The average Bonchev–Trinajstić information content (AvgIpc) is 3.03. The van der Waals surface area contributed by atoms with Crippen molar-refractivity contribution in [3.63, 3.8) is 0 Å². The van der Waals surface area contributed by atoms with Crippen LogP contribution in [0.2, 0.25) is 0 Å². The van der Waals surface area contributed by atoms with E-state index in [9.17, 15) is 4.79 Å². The summed E-state index contributed by atoms with van der Waals surface area (Å²) in [5.74, 6) is 0.237. The number of rotatable bonds is 5. The summed E-state index contributed by atoms with van der Waals surface area (Å²) in [5.41, 5.74) is 8.26. The number of amides is 1. The van der Waals surface area contributed by atoms with Crippen LogP contribution >= 0.6 is 0 Å². The zero-order valence-corrected chi connectivity index (χ0v) is 12.0. The van der Waals surface area contributed by atoms with Gasteiger partial charge < -0.3 is 10.7 Å². The number of fused-ring (bicyclic) bond motifs is 1. The molecule has 0 bridgehead atoms. The third-order valence-corrected chi connectivity index (χ3v) is 3.68. The number of aromatic nitrogens is 2. The Hall–Kier alpha value is -2.21. The van der Waals surface area contributed by atoms with Crippen molar-refractivity contribution in [2.45, 2.75) is 26.2 Å². The number of hydrogen-bond donors (Lipinski definition) is 2. The van der Waals surface area contributed by atoms with Gasteiger partial charge in [-0.25, -0.2) is 4.98 Å². The molecule has 6 heteroatoms. The largest absolute Gasteiger partial charge is 0.330 e. The molecule has 6 nitrogen and oxygen atoms in total. The molecule has 110 valence electrons. The molecule has 1 aromatic heterocycles. The van der Waals surface area contributed by atoms with Gasteiger partial charge >= 0.3 is 0 Å². The van der Waals surface area contributed by atoms with E-state index in [0.29, 0.717) is 18.9 Å². The number of carbonyl (C=O) groups excluding carboxylic acids is 1. The third-order valence-electron chi connectivity index (χ3n) is 3.68. The van der Waals surface area contributed by atoms with Crippen molar-refractivity contribution in [3.8, 4) is 0 Å². The number of anilines is 1. The van der Waals surface area contributed by atoms with Gasteiger partial charge in [-0.2, -0.15) is 10.1 Å². The van der Waals surface area contributed by atoms with Gasteiger partial charge in [0.15, 0.2) is 0 Å². The van der Waals surface area contributed by atoms with Crippen molar-refractivity contribution in [3.05, 3.63) is 24.3 Å². The smallest absolute Gasteiger partial charge is 0.258 e. The minimum Gasteiger partial charge on any atom is -0.330 e. The van der Waals surface area contributed by atoms with Gasteiger partial charge in [0.1, 0.15) is 0 Å². The Balaban J connectivity index is 1.95. The second-order valence-corrected chi connectivity index (χ2v) is 5.20. The van der Waals surface area contributed by atoms with Crippen LogP contribution in [0.25, 0.3) is 11.0 Å². The fourth-order valence-corrected chi connectivity index (χ4v) is 2.67. The van der Waals surface area contributed by atoms with E-state index in [1.165, 1.54) is 5.01 Å². The van der Waals surface area contributed by atoms with Crippen molar-refractivity contribution in [1.82, 2.24) is 9.97 Å². The number of imidazole rings is 1. The number of para-hydroxylation sites is 2. The van der Waals surface area contributed by atoms with E-state index in [-0.39, 0.29) is 11.8 Å². The Labute approximate surface area is 123 Å². The summed E-state index contributed by atoms with van der Waals surface area (Å²) in [6, 6.07) is 7.69. The zero-order valence-electron chi connectivity index (χ0n) is 12.0. The van der Waals surface area contributed by atoms with Crippen LogP contribution in [0, 0.1) is 5.92 Å². The first-order valence-electron chi connectivity index (χ1n) is 7.30. The average molecular weight is 285 g/mol. The maximum Gasteiger partial charge on any atom is 0.258 e. The number of carbonyl (C=O) groups is 1. The van der Waals surface area contributed by atoms with E-state index in [1.54, 1.807) is 0 Å². The predicted octanol–water partition coefficient (Wildman–Crippen LogP) is 2.03. The van der Waals surface area contributed by atoms with Crippen LogP contribution in [-0.4, -0.2) is 28.1 Å². The third kappa shape index (κ3) is 2.42. The van der Waals surface area contributed by atoms with Gasteiger partial charge in [0, 0.05) is 0 Å². The number of nitrogens with two attached hydrogens (primary N) is 1. The van der Waals surface area contributed by atoms with Crippen LogP contribution in [0.4, 0.5) is 5.95 Å². The molecule has 0 spiro atoms.